The van der Waals surface area contributed by atoms with Gasteiger partial charge in [-0.25, -0.2) is 4.39 Å². The first-order valence-corrected chi connectivity index (χ1v) is 8.71. The molecule has 0 unspecified atom stereocenters. The van der Waals surface area contributed by atoms with Gasteiger partial charge in [0.25, 0.3) is 0 Å². The Labute approximate surface area is 147 Å². The lowest BCUT2D eigenvalue weighted by Gasteiger charge is -2.10. The van der Waals surface area contributed by atoms with Crippen LogP contribution in [0.5, 0.6) is 0 Å². The molecule has 0 radical (unpaired) electrons. The van der Waals surface area contributed by atoms with Crippen molar-refractivity contribution in [2.45, 2.75) is 39.4 Å². The molecule has 0 saturated carbocycles. The second-order valence-corrected chi connectivity index (χ2v) is 6.60. The molecular formula is C20H22ClFN2. The van der Waals surface area contributed by atoms with E-state index < -0.39 is 0 Å². The molecule has 2 nitrogen and oxygen atoms in total. The van der Waals surface area contributed by atoms with Crippen molar-refractivity contribution >= 4 is 22.5 Å². The first-order valence-electron chi connectivity index (χ1n) is 8.33. The van der Waals surface area contributed by atoms with Crippen molar-refractivity contribution in [3.63, 3.8) is 0 Å². The zero-order valence-electron chi connectivity index (χ0n) is 14.0. The Hall–Kier alpha value is -1.84. The van der Waals surface area contributed by atoms with Gasteiger partial charge in [-0.1, -0.05) is 42.8 Å². The fraction of sp³-hybridized carbons (Fsp3) is 0.300. The summed E-state index contributed by atoms with van der Waals surface area (Å²) in [6, 6.07) is 13.5. The van der Waals surface area contributed by atoms with E-state index in [1.165, 1.54) is 17.0 Å². The van der Waals surface area contributed by atoms with Gasteiger partial charge in [0.05, 0.1) is 6.54 Å². The van der Waals surface area contributed by atoms with E-state index >= 15 is 0 Å². The first kappa shape index (κ1) is 17.0. The Morgan fingerprint density at radius 3 is 2.71 bits per heavy atom. The van der Waals surface area contributed by atoms with Crippen molar-refractivity contribution < 1.29 is 4.39 Å². The zero-order valence-corrected chi connectivity index (χ0v) is 14.8. The highest BCUT2D eigenvalue weighted by molar-refractivity contribution is 6.31. The predicted molar refractivity (Wildman–Crippen MR) is 99.0 cm³/mol. The van der Waals surface area contributed by atoms with Gasteiger partial charge in [0.1, 0.15) is 5.82 Å². The summed E-state index contributed by atoms with van der Waals surface area (Å²) in [5.41, 5.74) is 2.84. The Morgan fingerprint density at radius 2 is 1.96 bits per heavy atom. The Bertz CT molecular complexity index is 821. The number of hydrogen-bond donors (Lipinski definition) is 1. The summed E-state index contributed by atoms with van der Waals surface area (Å²) in [6.07, 6.45) is 3.19. The maximum absolute atomic E-state index is 14.1. The highest BCUT2D eigenvalue weighted by Crippen LogP contribution is 2.26. The Morgan fingerprint density at radius 1 is 1.17 bits per heavy atom. The van der Waals surface area contributed by atoms with Crippen molar-refractivity contribution in [1.29, 1.82) is 0 Å². The summed E-state index contributed by atoms with van der Waals surface area (Å²) in [4.78, 5) is 0. The van der Waals surface area contributed by atoms with E-state index in [0.717, 1.165) is 18.5 Å². The lowest BCUT2D eigenvalue weighted by Crippen LogP contribution is -2.24. The number of aromatic nitrogens is 1. The molecule has 0 amide bonds. The maximum atomic E-state index is 14.1. The fourth-order valence-electron chi connectivity index (χ4n) is 2.88. The van der Waals surface area contributed by atoms with Crippen molar-refractivity contribution in [3.8, 4) is 0 Å². The van der Waals surface area contributed by atoms with Crippen LogP contribution in [-0.4, -0.2) is 10.6 Å². The number of benzene rings is 2. The predicted octanol–water partition coefficient (Wildman–Crippen LogP) is 5.37. The number of nitrogens with zero attached hydrogens (tertiary/aromatic N) is 1. The van der Waals surface area contributed by atoms with Gasteiger partial charge in [0, 0.05) is 40.3 Å². The highest BCUT2D eigenvalue weighted by Gasteiger charge is 2.12. The zero-order chi connectivity index (χ0) is 17.1. The summed E-state index contributed by atoms with van der Waals surface area (Å²) < 4.78 is 16.2. The molecule has 1 atom stereocenters. The average molecular weight is 345 g/mol. The molecule has 0 aliphatic carbocycles. The number of para-hydroxylation sites is 1. The van der Waals surface area contributed by atoms with Crippen LogP contribution in [-0.2, 0) is 13.1 Å². The van der Waals surface area contributed by atoms with Gasteiger partial charge in [-0.2, -0.15) is 0 Å². The molecule has 1 N–H and O–H groups in total. The van der Waals surface area contributed by atoms with Crippen molar-refractivity contribution in [3.05, 3.63) is 70.6 Å². The van der Waals surface area contributed by atoms with Gasteiger partial charge >= 0.3 is 0 Å². The molecule has 0 spiro atoms. The molecule has 1 heterocycles. The SMILES string of the molecule is CC[C@@H](C)NCc1cn(Cc2c(F)cccc2Cl)c2ccccc12. The second kappa shape index (κ2) is 7.37. The standard InChI is InChI=1S/C20H22ClFN2/c1-3-14(2)23-11-15-12-24(20-10-5-4-7-16(15)20)13-17-18(21)8-6-9-19(17)22/h4-10,12,14,23H,3,11,13H2,1-2H3/t14-/m1/s1. The third-order valence-corrected chi connectivity index (χ3v) is 4.87. The minimum absolute atomic E-state index is 0.264. The summed E-state index contributed by atoms with van der Waals surface area (Å²) in [5, 5.41) is 5.19. The van der Waals surface area contributed by atoms with E-state index in [0.29, 0.717) is 23.2 Å². The molecule has 1 aromatic heterocycles. The quantitative estimate of drug-likeness (QED) is 0.636. The third-order valence-electron chi connectivity index (χ3n) is 4.51. The molecule has 3 aromatic rings. The van der Waals surface area contributed by atoms with E-state index in [9.17, 15) is 4.39 Å². The Kier molecular flexibility index (Phi) is 5.22. The number of halogens is 2. The first-order chi connectivity index (χ1) is 11.6. The van der Waals surface area contributed by atoms with Crippen LogP contribution in [0.2, 0.25) is 5.02 Å². The molecule has 0 aliphatic rings. The smallest absolute Gasteiger partial charge is 0.129 e. The van der Waals surface area contributed by atoms with Crippen molar-refractivity contribution in [1.82, 2.24) is 9.88 Å². The minimum Gasteiger partial charge on any atom is -0.343 e. The molecule has 126 valence electrons. The van der Waals surface area contributed by atoms with Gasteiger partial charge < -0.3 is 9.88 Å². The Balaban J connectivity index is 1.96. The second-order valence-electron chi connectivity index (χ2n) is 6.19. The molecule has 0 bridgehead atoms. The maximum Gasteiger partial charge on any atom is 0.129 e. The van der Waals surface area contributed by atoms with Crippen LogP contribution in [0.25, 0.3) is 10.9 Å². The number of hydrogen-bond acceptors (Lipinski definition) is 1. The molecule has 0 saturated heterocycles. The monoisotopic (exact) mass is 344 g/mol. The summed E-state index contributed by atoms with van der Waals surface area (Å²) in [7, 11) is 0. The normalized spacial score (nSPS) is 12.7. The van der Waals surface area contributed by atoms with Gasteiger partial charge in [0.2, 0.25) is 0 Å². The van der Waals surface area contributed by atoms with Gasteiger partial charge in [-0.15, -0.1) is 0 Å². The summed E-state index contributed by atoms with van der Waals surface area (Å²) >= 11 is 6.19. The van der Waals surface area contributed by atoms with E-state index in [-0.39, 0.29) is 5.82 Å². The van der Waals surface area contributed by atoms with Crippen LogP contribution >= 0.6 is 11.6 Å². The van der Waals surface area contributed by atoms with Gasteiger partial charge in [0.15, 0.2) is 0 Å². The topological polar surface area (TPSA) is 17.0 Å². The van der Waals surface area contributed by atoms with Crippen LogP contribution in [0.3, 0.4) is 0 Å². The number of fused-ring (bicyclic) bond motifs is 1. The molecule has 3 rings (SSSR count). The molecule has 0 aliphatic heterocycles. The van der Waals surface area contributed by atoms with Crippen molar-refractivity contribution in [2.24, 2.45) is 0 Å². The molecule has 4 heteroatoms. The highest BCUT2D eigenvalue weighted by atomic mass is 35.5. The molecule has 2 aromatic carbocycles. The van der Waals surface area contributed by atoms with E-state index in [4.69, 9.17) is 11.6 Å². The van der Waals surface area contributed by atoms with Crippen LogP contribution in [0.15, 0.2) is 48.7 Å². The number of nitrogens with one attached hydrogen (secondary N) is 1. The van der Waals surface area contributed by atoms with Crippen molar-refractivity contribution in [2.75, 3.05) is 0 Å². The lowest BCUT2D eigenvalue weighted by molar-refractivity contribution is 0.534. The van der Waals surface area contributed by atoms with E-state index in [2.05, 4.69) is 42.1 Å². The number of rotatable bonds is 6. The molecular weight excluding hydrogens is 323 g/mol. The molecule has 0 fully saturated rings. The van der Waals surface area contributed by atoms with E-state index in [1.807, 2.05) is 12.1 Å². The fourth-order valence-corrected chi connectivity index (χ4v) is 3.10. The average Bonchev–Trinajstić information content (AvgIpc) is 2.94. The lowest BCUT2D eigenvalue weighted by atomic mass is 10.1. The summed E-state index contributed by atoms with van der Waals surface area (Å²) in [5.74, 6) is -0.264. The van der Waals surface area contributed by atoms with Crippen LogP contribution in [0.1, 0.15) is 31.4 Å². The van der Waals surface area contributed by atoms with Gasteiger partial charge in [-0.05, 0) is 37.1 Å². The molecule has 24 heavy (non-hydrogen) atoms. The van der Waals surface area contributed by atoms with Crippen LogP contribution in [0.4, 0.5) is 4.39 Å². The van der Waals surface area contributed by atoms with Crippen LogP contribution in [0, 0.1) is 5.82 Å². The van der Waals surface area contributed by atoms with Gasteiger partial charge in [-0.3, -0.25) is 0 Å². The van der Waals surface area contributed by atoms with Crippen LogP contribution < -0.4 is 5.32 Å². The van der Waals surface area contributed by atoms with E-state index in [1.54, 1.807) is 12.1 Å². The minimum atomic E-state index is -0.264. The third kappa shape index (κ3) is 3.47. The largest absolute Gasteiger partial charge is 0.343 e. The summed E-state index contributed by atoms with van der Waals surface area (Å²) in [6.45, 7) is 5.57.